The first-order chi connectivity index (χ1) is 9.66. The number of rotatable bonds is 6. The van der Waals surface area contributed by atoms with Crippen LogP contribution in [0.3, 0.4) is 0 Å². The van der Waals surface area contributed by atoms with Gasteiger partial charge in [-0.2, -0.15) is 0 Å². The van der Waals surface area contributed by atoms with Gasteiger partial charge in [-0.1, -0.05) is 60.7 Å². The fraction of sp³-hybridized carbons (Fsp3) is 0.222. The molecule has 0 aliphatic heterocycles. The summed E-state index contributed by atoms with van der Waals surface area (Å²) < 4.78 is 0. The molecule has 1 atom stereocenters. The van der Waals surface area contributed by atoms with Crippen LogP contribution in [0.4, 0.5) is 0 Å². The van der Waals surface area contributed by atoms with Crippen molar-refractivity contribution in [1.29, 1.82) is 0 Å². The molecule has 1 unspecified atom stereocenters. The minimum absolute atomic E-state index is 0.0949. The standard InChI is InChI=1S/C18H17O2/c1-18(14-19,16-10-6-3-7-11-16)17(20)13-12-15-8-4-2-5-9-15/h2-11H,12-13H2,1H3. The second kappa shape index (κ2) is 6.29. The Balaban J connectivity index is 2.12. The van der Waals surface area contributed by atoms with Crippen LogP contribution in [0.15, 0.2) is 60.7 Å². The smallest absolute Gasteiger partial charge is 0.217 e. The van der Waals surface area contributed by atoms with Crippen molar-refractivity contribution in [3.8, 4) is 0 Å². The zero-order valence-electron chi connectivity index (χ0n) is 11.5. The first kappa shape index (κ1) is 14.2. The second-order valence-corrected chi connectivity index (χ2v) is 5.00. The van der Waals surface area contributed by atoms with Crippen molar-refractivity contribution in [3.63, 3.8) is 0 Å². The summed E-state index contributed by atoms with van der Waals surface area (Å²) in [7, 11) is 0. The predicted octanol–water partition coefficient (Wildman–Crippen LogP) is 3.26. The number of hydrogen-bond acceptors (Lipinski definition) is 2. The first-order valence-electron chi connectivity index (χ1n) is 6.69. The van der Waals surface area contributed by atoms with E-state index in [2.05, 4.69) is 0 Å². The van der Waals surface area contributed by atoms with E-state index in [0.717, 1.165) is 5.56 Å². The quantitative estimate of drug-likeness (QED) is 0.751. The molecule has 2 aromatic carbocycles. The van der Waals surface area contributed by atoms with Crippen molar-refractivity contribution < 1.29 is 9.59 Å². The molecular formula is C18H17O2. The molecule has 0 spiro atoms. The molecule has 1 radical (unpaired) electrons. The number of ketones is 1. The van der Waals surface area contributed by atoms with Crippen LogP contribution in [0.5, 0.6) is 0 Å². The summed E-state index contributed by atoms with van der Waals surface area (Å²) in [5.74, 6) is -0.0949. The Hall–Kier alpha value is -2.22. The van der Waals surface area contributed by atoms with E-state index in [9.17, 15) is 9.59 Å². The molecule has 0 N–H and O–H groups in total. The summed E-state index contributed by atoms with van der Waals surface area (Å²) in [5.41, 5.74) is 0.631. The Labute approximate surface area is 119 Å². The van der Waals surface area contributed by atoms with E-state index >= 15 is 0 Å². The van der Waals surface area contributed by atoms with Crippen LogP contribution in [0.1, 0.15) is 24.5 Å². The molecule has 2 aromatic rings. The summed E-state index contributed by atoms with van der Waals surface area (Å²) in [4.78, 5) is 23.7. The Kier molecular flexibility index (Phi) is 4.46. The third-order valence-electron chi connectivity index (χ3n) is 3.60. The van der Waals surface area contributed by atoms with Crippen LogP contribution in [0, 0.1) is 0 Å². The number of Topliss-reactive ketones (excluding diaryl/α,β-unsaturated/α-hetero) is 1. The Morgan fingerprint density at radius 2 is 1.55 bits per heavy atom. The molecule has 2 heteroatoms. The van der Waals surface area contributed by atoms with Gasteiger partial charge < -0.3 is 0 Å². The van der Waals surface area contributed by atoms with E-state index in [1.807, 2.05) is 54.8 Å². The fourth-order valence-electron chi connectivity index (χ4n) is 2.20. The molecule has 0 aromatic heterocycles. The van der Waals surface area contributed by atoms with Crippen molar-refractivity contribution in [3.05, 3.63) is 71.8 Å². The van der Waals surface area contributed by atoms with Crippen LogP contribution in [0.2, 0.25) is 0 Å². The molecule has 0 saturated carbocycles. The van der Waals surface area contributed by atoms with Gasteiger partial charge in [-0.05, 0) is 24.5 Å². The lowest BCUT2D eigenvalue weighted by Crippen LogP contribution is -2.34. The molecule has 0 aliphatic rings. The Morgan fingerprint density at radius 3 is 2.10 bits per heavy atom. The second-order valence-electron chi connectivity index (χ2n) is 5.00. The van der Waals surface area contributed by atoms with Gasteiger partial charge in [0.05, 0.1) is 0 Å². The Bertz CT molecular complexity index is 575. The Morgan fingerprint density at radius 1 is 1.00 bits per heavy atom. The zero-order chi connectivity index (χ0) is 14.4. The van der Waals surface area contributed by atoms with Crippen molar-refractivity contribution in [2.24, 2.45) is 0 Å². The molecular weight excluding hydrogens is 248 g/mol. The lowest BCUT2D eigenvalue weighted by molar-refractivity contribution is -0.121. The highest BCUT2D eigenvalue weighted by Crippen LogP contribution is 2.24. The lowest BCUT2D eigenvalue weighted by atomic mass is 9.78. The van der Waals surface area contributed by atoms with Crippen LogP contribution in [0.25, 0.3) is 0 Å². The maximum Gasteiger partial charge on any atom is 0.217 e. The van der Waals surface area contributed by atoms with Crippen molar-refractivity contribution in [1.82, 2.24) is 0 Å². The van der Waals surface area contributed by atoms with E-state index in [0.29, 0.717) is 18.4 Å². The summed E-state index contributed by atoms with van der Waals surface area (Å²) in [5, 5.41) is 0. The van der Waals surface area contributed by atoms with Gasteiger partial charge in [0.2, 0.25) is 6.29 Å². The van der Waals surface area contributed by atoms with Crippen LogP contribution in [-0.4, -0.2) is 12.1 Å². The third kappa shape index (κ3) is 3.02. The maximum absolute atomic E-state index is 12.4. The summed E-state index contributed by atoms with van der Waals surface area (Å²) >= 11 is 0. The average molecular weight is 265 g/mol. The maximum atomic E-state index is 12.4. The molecule has 0 bridgehead atoms. The number of carbonyl (C=O) groups is 1. The summed E-state index contributed by atoms with van der Waals surface area (Å²) in [6.45, 7) is 1.64. The predicted molar refractivity (Wildman–Crippen MR) is 79.3 cm³/mol. The molecule has 101 valence electrons. The normalized spacial score (nSPS) is 13.4. The molecule has 0 amide bonds. The minimum atomic E-state index is -1.17. The van der Waals surface area contributed by atoms with E-state index in [4.69, 9.17) is 0 Å². The fourth-order valence-corrected chi connectivity index (χ4v) is 2.20. The lowest BCUT2D eigenvalue weighted by Gasteiger charge is -2.21. The van der Waals surface area contributed by atoms with Crippen molar-refractivity contribution in [2.75, 3.05) is 0 Å². The average Bonchev–Trinajstić information content (AvgIpc) is 2.53. The van der Waals surface area contributed by atoms with Gasteiger partial charge >= 0.3 is 0 Å². The topological polar surface area (TPSA) is 34.1 Å². The minimum Gasteiger partial charge on any atom is -0.298 e. The van der Waals surface area contributed by atoms with Crippen molar-refractivity contribution in [2.45, 2.75) is 25.2 Å². The zero-order valence-corrected chi connectivity index (χ0v) is 11.5. The highest BCUT2D eigenvalue weighted by atomic mass is 16.1. The third-order valence-corrected chi connectivity index (χ3v) is 3.60. The molecule has 2 nitrogen and oxygen atoms in total. The van der Waals surface area contributed by atoms with Crippen LogP contribution >= 0.6 is 0 Å². The number of carbonyl (C=O) groups excluding carboxylic acids is 2. The SMILES string of the molecule is CC([C]=O)(C(=O)CCc1ccccc1)c1ccccc1. The van der Waals surface area contributed by atoms with E-state index in [1.54, 1.807) is 19.1 Å². The number of aryl methyl sites for hydroxylation is 1. The molecule has 20 heavy (non-hydrogen) atoms. The number of benzene rings is 2. The first-order valence-corrected chi connectivity index (χ1v) is 6.69. The van der Waals surface area contributed by atoms with Gasteiger partial charge in [0, 0.05) is 6.42 Å². The highest BCUT2D eigenvalue weighted by molar-refractivity contribution is 6.04. The van der Waals surface area contributed by atoms with Gasteiger partial charge in [-0.25, -0.2) is 0 Å². The van der Waals surface area contributed by atoms with E-state index in [-0.39, 0.29) is 5.78 Å². The van der Waals surface area contributed by atoms with E-state index < -0.39 is 5.41 Å². The molecule has 0 aliphatic carbocycles. The largest absolute Gasteiger partial charge is 0.298 e. The van der Waals surface area contributed by atoms with Gasteiger partial charge in [-0.3, -0.25) is 9.59 Å². The van der Waals surface area contributed by atoms with Gasteiger partial charge in [0.1, 0.15) is 5.41 Å². The monoisotopic (exact) mass is 265 g/mol. The van der Waals surface area contributed by atoms with Crippen LogP contribution in [-0.2, 0) is 21.4 Å². The highest BCUT2D eigenvalue weighted by Gasteiger charge is 2.35. The summed E-state index contributed by atoms with van der Waals surface area (Å²) in [6.07, 6.45) is 2.91. The summed E-state index contributed by atoms with van der Waals surface area (Å²) in [6, 6.07) is 18.9. The molecule has 0 saturated heterocycles. The van der Waals surface area contributed by atoms with Gasteiger partial charge in [0.25, 0.3) is 0 Å². The van der Waals surface area contributed by atoms with Crippen molar-refractivity contribution >= 4 is 12.1 Å². The van der Waals surface area contributed by atoms with E-state index in [1.165, 1.54) is 0 Å². The van der Waals surface area contributed by atoms with Crippen LogP contribution < -0.4 is 0 Å². The van der Waals surface area contributed by atoms with Gasteiger partial charge in [-0.15, -0.1) is 0 Å². The molecule has 2 rings (SSSR count). The number of hydrogen-bond donors (Lipinski definition) is 0. The molecule has 0 fully saturated rings. The molecule has 0 heterocycles. The van der Waals surface area contributed by atoms with Gasteiger partial charge in [0.15, 0.2) is 5.78 Å².